The molecule has 3 heterocycles. The van der Waals surface area contributed by atoms with Crippen molar-refractivity contribution in [3.63, 3.8) is 0 Å². The van der Waals surface area contributed by atoms with Gasteiger partial charge in [0.1, 0.15) is 11.9 Å². The van der Waals surface area contributed by atoms with Crippen molar-refractivity contribution < 1.29 is 14.3 Å². The number of ketones is 1. The molecule has 3 rings (SSSR count). The molecular formula is C17H18N2O3S. The molecule has 23 heavy (non-hydrogen) atoms. The molecule has 1 saturated heterocycles. The SMILES string of the molecule is CC(=O)c1ccc(C(=O)N2CCC(Oc3cccnc3)CC2)s1. The molecule has 0 N–H and O–H groups in total. The molecule has 5 nitrogen and oxygen atoms in total. The Kier molecular flexibility index (Phi) is 4.71. The highest BCUT2D eigenvalue weighted by Gasteiger charge is 2.25. The smallest absolute Gasteiger partial charge is 0.263 e. The summed E-state index contributed by atoms with van der Waals surface area (Å²) < 4.78 is 5.88. The number of likely N-dealkylation sites (tertiary alicyclic amines) is 1. The number of amides is 1. The Bertz CT molecular complexity index is 691. The molecule has 0 unspecified atom stereocenters. The van der Waals surface area contributed by atoms with Crippen LogP contribution in [-0.2, 0) is 0 Å². The zero-order valence-electron chi connectivity index (χ0n) is 12.9. The monoisotopic (exact) mass is 330 g/mol. The summed E-state index contributed by atoms with van der Waals surface area (Å²) in [4.78, 5) is 30.9. The number of aromatic nitrogens is 1. The van der Waals surface area contributed by atoms with Crippen molar-refractivity contribution in [3.8, 4) is 5.75 Å². The van der Waals surface area contributed by atoms with E-state index in [0.29, 0.717) is 22.8 Å². The van der Waals surface area contributed by atoms with E-state index in [1.165, 1.54) is 18.3 Å². The maximum Gasteiger partial charge on any atom is 0.263 e. The number of ether oxygens (including phenoxy) is 1. The van der Waals surface area contributed by atoms with Gasteiger partial charge in [0.15, 0.2) is 5.78 Å². The van der Waals surface area contributed by atoms with Crippen LogP contribution in [0.25, 0.3) is 0 Å². The van der Waals surface area contributed by atoms with Crippen molar-refractivity contribution in [1.29, 1.82) is 0 Å². The number of nitrogens with zero attached hydrogens (tertiary/aromatic N) is 2. The topological polar surface area (TPSA) is 59.5 Å². The van der Waals surface area contributed by atoms with Gasteiger partial charge in [0.05, 0.1) is 16.0 Å². The number of thiophene rings is 1. The number of carbonyl (C=O) groups excluding carboxylic acids is 2. The summed E-state index contributed by atoms with van der Waals surface area (Å²) in [7, 11) is 0. The fourth-order valence-corrected chi connectivity index (χ4v) is 3.45. The van der Waals surface area contributed by atoms with Crippen LogP contribution in [0.1, 0.15) is 39.1 Å². The highest BCUT2D eigenvalue weighted by atomic mass is 32.1. The maximum atomic E-state index is 12.5. The van der Waals surface area contributed by atoms with Crippen LogP contribution in [-0.4, -0.2) is 40.8 Å². The first kappa shape index (κ1) is 15.7. The van der Waals surface area contributed by atoms with E-state index in [4.69, 9.17) is 4.74 Å². The number of carbonyl (C=O) groups is 2. The van der Waals surface area contributed by atoms with Crippen molar-refractivity contribution >= 4 is 23.0 Å². The van der Waals surface area contributed by atoms with Gasteiger partial charge in [-0.15, -0.1) is 11.3 Å². The molecular weight excluding hydrogens is 312 g/mol. The van der Waals surface area contributed by atoms with Gasteiger partial charge < -0.3 is 9.64 Å². The molecule has 0 atom stereocenters. The summed E-state index contributed by atoms with van der Waals surface area (Å²) in [6.07, 6.45) is 5.12. The second kappa shape index (κ2) is 6.91. The lowest BCUT2D eigenvalue weighted by atomic mass is 10.1. The van der Waals surface area contributed by atoms with Gasteiger partial charge in [-0.2, -0.15) is 0 Å². The van der Waals surface area contributed by atoms with E-state index >= 15 is 0 Å². The van der Waals surface area contributed by atoms with Crippen LogP contribution in [0, 0.1) is 0 Å². The first-order valence-electron chi connectivity index (χ1n) is 7.60. The molecule has 0 saturated carbocycles. The summed E-state index contributed by atoms with van der Waals surface area (Å²) in [5.41, 5.74) is 0. The molecule has 1 aliphatic rings. The number of hydrogen-bond donors (Lipinski definition) is 0. The zero-order chi connectivity index (χ0) is 16.2. The van der Waals surface area contributed by atoms with E-state index in [2.05, 4.69) is 4.98 Å². The Labute approximate surface area is 138 Å². The number of piperidine rings is 1. The minimum atomic E-state index is -0.00220. The third-order valence-corrected chi connectivity index (χ3v) is 5.00. The minimum absolute atomic E-state index is 0.00216. The third kappa shape index (κ3) is 3.76. The van der Waals surface area contributed by atoms with Crippen molar-refractivity contribution in [3.05, 3.63) is 46.4 Å². The first-order valence-corrected chi connectivity index (χ1v) is 8.42. The molecule has 6 heteroatoms. The Balaban J connectivity index is 1.55. The standard InChI is InChI=1S/C17H18N2O3S/c1-12(20)15-4-5-16(23-15)17(21)19-9-6-13(7-10-19)22-14-3-2-8-18-11-14/h2-5,8,11,13H,6-7,9-10H2,1H3. The Hall–Kier alpha value is -2.21. The van der Waals surface area contributed by atoms with E-state index in [0.717, 1.165) is 18.6 Å². The lowest BCUT2D eigenvalue weighted by Crippen LogP contribution is -2.41. The van der Waals surface area contributed by atoms with E-state index in [9.17, 15) is 9.59 Å². The Morgan fingerprint density at radius 2 is 1.96 bits per heavy atom. The number of pyridine rings is 1. The van der Waals surface area contributed by atoms with Gasteiger partial charge in [0.2, 0.25) is 0 Å². The number of rotatable bonds is 4. The largest absolute Gasteiger partial charge is 0.489 e. The van der Waals surface area contributed by atoms with E-state index in [1.807, 2.05) is 17.0 Å². The Morgan fingerprint density at radius 3 is 2.57 bits per heavy atom. The third-order valence-electron chi connectivity index (χ3n) is 3.83. The van der Waals surface area contributed by atoms with Crippen LogP contribution in [0.3, 0.4) is 0 Å². The van der Waals surface area contributed by atoms with Gasteiger partial charge in [-0.1, -0.05) is 0 Å². The molecule has 1 aliphatic heterocycles. The van der Waals surface area contributed by atoms with E-state index in [1.54, 1.807) is 24.5 Å². The van der Waals surface area contributed by atoms with E-state index < -0.39 is 0 Å². The van der Waals surface area contributed by atoms with Crippen LogP contribution in [0.5, 0.6) is 5.75 Å². The van der Waals surface area contributed by atoms with Crippen LogP contribution in [0.2, 0.25) is 0 Å². The zero-order valence-corrected chi connectivity index (χ0v) is 13.7. The summed E-state index contributed by atoms with van der Waals surface area (Å²) in [6.45, 7) is 2.84. The maximum absolute atomic E-state index is 12.5. The average Bonchev–Trinajstić information content (AvgIpc) is 3.06. The van der Waals surface area contributed by atoms with Crippen LogP contribution < -0.4 is 4.74 Å². The molecule has 1 amide bonds. The van der Waals surface area contributed by atoms with Crippen LogP contribution >= 0.6 is 11.3 Å². The molecule has 0 radical (unpaired) electrons. The second-order valence-electron chi connectivity index (χ2n) is 5.52. The average molecular weight is 330 g/mol. The summed E-state index contributed by atoms with van der Waals surface area (Å²) in [6, 6.07) is 7.19. The van der Waals surface area contributed by atoms with Crippen molar-refractivity contribution in [2.24, 2.45) is 0 Å². The summed E-state index contributed by atoms with van der Waals surface area (Å²) in [5, 5.41) is 0. The molecule has 120 valence electrons. The van der Waals surface area contributed by atoms with E-state index in [-0.39, 0.29) is 17.8 Å². The summed E-state index contributed by atoms with van der Waals surface area (Å²) >= 11 is 1.27. The van der Waals surface area contributed by atoms with Crippen molar-refractivity contribution in [2.45, 2.75) is 25.9 Å². The van der Waals surface area contributed by atoms with Crippen LogP contribution in [0.4, 0.5) is 0 Å². The van der Waals surface area contributed by atoms with Gasteiger partial charge in [-0.3, -0.25) is 14.6 Å². The predicted octanol–water partition coefficient (Wildman–Crippen LogP) is 3.03. The highest BCUT2D eigenvalue weighted by Crippen LogP contribution is 2.23. The molecule has 1 fully saturated rings. The quantitative estimate of drug-likeness (QED) is 0.809. The van der Waals surface area contributed by atoms with Gasteiger partial charge >= 0.3 is 0 Å². The lowest BCUT2D eigenvalue weighted by molar-refractivity contribution is 0.0599. The second-order valence-corrected chi connectivity index (χ2v) is 6.60. The normalized spacial score (nSPS) is 15.4. The minimum Gasteiger partial charge on any atom is -0.489 e. The molecule has 0 aromatic carbocycles. The van der Waals surface area contributed by atoms with Crippen molar-refractivity contribution in [1.82, 2.24) is 9.88 Å². The molecule has 2 aromatic rings. The molecule has 0 spiro atoms. The van der Waals surface area contributed by atoms with Gasteiger partial charge in [-0.25, -0.2) is 0 Å². The molecule has 0 bridgehead atoms. The fraction of sp³-hybridized carbons (Fsp3) is 0.353. The first-order chi connectivity index (χ1) is 11.1. The van der Waals surface area contributed by atoms with Gasteiger partial charge in [-0.05, 0) is 31.2 Å². The highest BCUT2D eigenvalue weighted by molar-refractivity contribution is 7.15. The number of hydrogen-bond acceptors (Lipinski definition) is 5. The summed E-state index contributed by atoms with van der Waals surface area (Å²) in [5.74, 6) is 0.765. The fourth-order valence-electron chi connectivity index (χ4n) is 2.58. The number of Topliss-reactive ketones (excluding diaryl/α,β-unsaturated/α-hetero) is 1. The predicted molar refractivity (Wildman–Crippen MR) is 88.1 cm³/mol. The molecule has 2 aromatic heterocycles. The van der Waals surface area contributed by atoms with Crippen LogP contribution in [0.15, 0.2) is 36.7 Å². The lowest BCUT2D eigenvalue weighted by Gasteiger charge is -2.31. The van der Waals surface area contributed by atoms with Gasteiger partial charge in [0.25, 0.3) is 5.91 Å². The van der Waals surface area contributed by atoms with Gasteiger partial charge in [0, 0.05) is 32.1 Å². The Morgan fingerprint density at radius 1 is 1.22 bits per heavy atom. The van der Waals surface area contributed by atoms with Crippen molar-refractivity contribution in [2.75, 3.05) is 13.1 Å². The molecule has 0 aliphatic carbocycles.